The van der Waals surface area contributed by atoms with E-state index < -0.39 is 16.2 Å². The maximum atomic E-state index is 12.9. The third-order valence-electron chi connectivity index (χ3n) is 5.66. The number of nitrogens with one attached hydrogen (secondary N) is 1. The number of esters is 1. The van der Waals surface area contributed by atoms with Crippen LogP contribution in [-0.4, -0.2) is 85.7 Å². The Balaban J connectivity index is 1.45. The van der Waals surface area contributed by atoms with Crippen molar-refractivity contribution < 1.29 is 22.7 Å². The van der Waals surface area contributed by atoms with Crippen LogP contribution in [0.5, 0.6) is 0 Å². The van der Waals surface area contributed by atoms with Gasteiger partial charge >= 0.3 is 5.97 Å². The van der Waals surface area contributed by atoms with Crippen molar-refractivity contribution in [1.82, 2.24) is 13.5 Å². The molecule has 1 aromatic rings. The molecule has 0 unspecified atom stereocenters. The van der Waals surface area contributed by atoms with Crippen LogP contribution in [0.15, 0.2) is 24.3 Å². The first-order valence-corrected chi connectivity index (χ1v) is 12.7. The van der Waals surface area contributed by atoms with E-state index in [-0.39, 0.29) is 18.6 Å². The zero-order chi connectivity index (χ0) is 23.1. The largest absolute Gasteiger partial charge is 0.459 e. The lowest BCUT2D eigenvalue weighted by atomic mass is 10.2. The topological polar surface area (TPSA) is 99.3 Å². The predicted octanol–water partition coefficient (Wildman–Crippen LogP) is 1.93. The molecule has 2 heterocycles. The highest BCUT2D eigenvalue weighted by Crippen LogP contribution is 2.18. The summed E-state index contributed by atoms with van der Waals surface area (Å²) in [6, 6.07) is 6.57. The van der Waals surface area contributed by atoms with Gasteiger partial charge in [-0.1, -0.05) is 12.8 Å². The molecule has 0 spiro atoms. The molecule has 1 aromatic carbocycles. The number of hydrogen-bond acceptors (Lipinski definition) is 6. The van der Waals surface area contributed by atoms with E-state index in [9.17, 15) is 18.0 Å². The molecule has 0 radical (unpaired) electrons. The van der Waals surface area contributed by atoms with Crippen LogP contribution in [0.3, 0.4) is 0 Å². The predicted molar refractivity (Wildman–Crippen MR) is 123 cm³/mol. The van der Waals surface area contributed by atoms with Gasteiger partial charge in [0.15, 0.2) is 0 Å². The van der Waals surface area contributed by atoms with Gasteiger partial charge in [0.1, 0.15) is 0 Å². The molecule has 3 rings (SSSR count). The zero-order valence-corrected chi connectivity index (χ0v) is 19.8. The van der Waals surface area contributed by atoms with Gasteiger partial charge in [-0.2, -0.15) is 17.0 Å². The van der Waals surface area contributed by atoms with Crippen LogP contribution in [0.1, 0.15) is 49.9 Å². The molecule has 32 heavy (non-hydrogen) atoms. The SMILES string of the molecule is CC(C)OC(=O)c1ccc(NC(=O)CN2CCN(S(=O)(=O)N3CCCCCC3)CC2)cc1. The first kappa shape index (κ1) is 24.6. The van der Waals surface area contributed by atoms with E-state index in [1.165, 1.54) is 0 Å². The fourth-order valence-electron chi connectivity index (χ4n) is 3.93. The summed E-state index contributed by atoms with van der Waals surface area (Å²) in [5.74, 6) is -0.572. The third kappa shape index (κ3) is 6.74. The number of amides is 1. The molecule has 1 amide bonds. The average Bonchev–Trinajstić information content (AvgIpc) is 3.04. The molecule has 0 bridgehead atoms. The quantitative estimate of drug-likeness (QED) is 0.617. The highest BCUT2D eigenvalue weighted by Gasteiger charge is 2.32. The first-order valence-electron chi connectivity index (χ1n) is 11.3. The first-order chi connectivity index (χ1) is 15.3. The molecule has 9 nitrogen and oxygen atoms in total. The average molecular weight is 467 g/mol. The summed E-state index contributed by atoms with van der Waals surface area (Å²) in [5.41, 5.74) is 1.02. The van der Waals surface area contributed by atoms with Crippen molar-refractivity contribution in [3.63, 3.8) is 0 Å². The summed E-state index contributed by atoms with van der Waals surface area (Å²) >= 11 is 0. The van der Waals surface area contributed by atoms with Crippen LogP contribution in [-0.2, 0) is 19.7 Å². The fourth-order valence-corrected chi connectivity index (χ4v) is 5.60. The fraction of sp³-hybridized carbons (Fsp3) is 0.636. The van der Waals surface area contributed by atoms with Crippen LogP contribution in [0.25, 0.3) is 0 Å². The molecule has 2 aliphatic rings. The monoisotopic (exact) mass is 466 g/mol. The van der Waals surface area contributed by atoms with Gasteiger partial charge in [-0.3, -0.25) is 9.69 Å². The van der Waals surface area contributed by atoms with E-state index >= 15 is 0 Å². The van der Waals surface area contributed by atoms with Crippen molar-refractivity contribution in [1.29, 1.82) is 0 Å². The summed E-state index contributed by atoms with van der Waals surface area (Å²) in [6.07, 6.45) is 3.80. The summed E-state index contributed by atoms with van der Waals surface area (Å²) in [6.45, 7) is 6.76. The number of ether oxygens (including phenoxy) is 1. The van der Waals surface area contributed by atoms with Crippen LogP contribution in [0.4, 0.5) is 5.69 Å². The van der Waals surface area contributed by atoms with Gasteiger partial charge in [0, 0.05) is 45.0 Å². The molecule has 178 valence electrons. The maximum Gasteiger partial charge on any atom is 0.338 e. The van der Waals surface area contributed by atoms with Crippen LogP contribution >= 0.6 is 0 Å². The third-order valence-corrected chi connectivity index (χ3v) is 7.70. The number of carbonyl (C=O) groups is 2. The minimum absolute atomic E-state index is 0.175. The van der Waals surface area contributed by atoms with Crippen molar-refractivity contribution >= 4 is 27.8 Å². The molecule has 2 fully saturated rings. The maximum absolute atomic E-state index is 12.9. The Bertz CT molecular complexity index is 872. The van der Waals surface area contributed by atoms with Gasteiger partial charge in [-0.05, 0) is 51.0 Å². The van der Waals surface area contributed by atoms with E-state index in [2.05, 4.69) is 5.32 Å². The lowest BCUT2D eigenvalue weighted by molar-refractivity contribution is -0.117. The van der Waals surface area contributed by atoms with E-state index in [0.717, 1.165) is 25.7 Å². The van der Waals surface area contributed by atoms with Crippen LogP contribution in [0.2, 0.25) is 0 Å². The van der Waals surface area contributed by atoms with Gasteiger partial charge < -0.3 is 10.1 Å². The second kappa shape index (κ2) is 11.2. The molecule has 1 N–H and O–H groups in total. The number of carbonyl (C=O) groups excluding carboxylic acids is 2. The Morgan fingerprint density at radius 2 is 1.47 bits per heavy atom. The van der Waals surface area contributed by atoms with Gasteiger partial charge in [-0.25, -0.2) is 4.79 Å². The Morgan fingerprint density at radius 1 is 0.906 bits per heavy atom. The van der Waals surface area contributed by atoms with Crippen molar-refractivity contribution in [3.05, 3.63) is 29.8 Å². The molecule has 0 aromatic heterocycles. The number of rotatable bonds is 7. The van der Waals surface area contributed by atoms with E-state index in [1.54, 1.807) is 46.7 Å². The number of hydrogen-bond donors (Lipinski definition) is 1. The summed E-state index contributed by atoms with van der Waals surface area (Å²) in [5, 5.41) is 2.82. The Hall–Kier alpha value is -2.01. The summed E-state index contributed by atoms with van der Waals surface area (Å²) in [4.78, 5) is 26.3. The standard InChI is InChI=1S/C22H34N4O5S/c1-18(2)31-22(28)19-7-9-20(10-8-19)23-21(27)17-24-13-15-26(16-14-24)32(29,30)25-11-5-3-4-6-12-25/h7-10,18H,3-6,11-17H2,1-2H3,(H,23,27). The van der Waals surface area contributed by atoms with Gasteiger partial charge in [-0.15, -0.1) is 0 Å². The zero-order valence-electron chi connectivity index (χ0n) is 19.0. The van der Waals surface area contributed by atoms with Crippen molar-refractivity contribution in [2.45, 2.75) is 45.6 Å². The van der Waals surface area contributed by atoms with Gasteiger partial charge in [0.2, 0.25) is 5.91 Å². The molecular weight excluding hydrogens is 432 g/mol. The van der Waals surface area contributed by atoms with Crippen molar-refractivity contribution in [3.8, 4) is 0 Å². The van der Waals surface area contributed by atoms with E-state index in [1.807, 2.05) is 4.90 Å². The lowest BCUT2D eigenvalue weighted by Gasteiger charge is -2.36. The molecule has 0 saturated carbocycles. The number of anilines is 1. The molecule has 0 atom stereocenters. The molecule has 0 aliphatic carbocycles. The normalized spacial score (nSPS) is 19.5. The Kier molecular flexibility index (Phi) is 8.64. The smallest absolute Gasteiger partial charge is 0.338 e. The Labute approximate surface area is 190 Å². The van der Waals surface area contributed by atoms with Crippen LogP contribution in [0, 0.1) is 0 Å². The summed E-state index contributed by atoms with van der Waals surface area (Å²) in [7, 11) is -3.43. The van der Waals surface area contributed by atoms with E-state index in [4.69, 9.17) is 4.74 Å². The van der Waals surface area contributed by atoms with Crippen LogP contribution < -0.4 is 5.32 Å². The highest BCUT2D eigenvalue weighted by atomic mass is 32.2. The molecule has 2 aliphatic heterocycles. The minimum Gasteiger partial charge on any atom is -0.459 e. The number of piperazine rings is 1. The van der Waals surface area contributed by atoms with Crippen molar-refractivity contribution in [2.24, 2.45) is 0 Å². The second-order valence-electron chi connectivity index (χ2n) is 8.58. The lowest BCUT2D eigenvalue weighted by Crippen LogP contribution is -2.54. The summed E-state index contributed by atoms with van der Waals surface area (Å²) < 4.78 is 34.1. The van der Waals surface area contributed by atoms with Gasteiger partial charge in [0.25, 0.3) is 10.2 Å². The molecule has 10 heteroatoms. The second-order valence-corrected chi connectivity index (χ2v) is 10.5. The number of benzene rings is 1. The Morgan fingerprint density at radius 3 is 2.03 bits per heavy atom. The van der Waals surface area contributed by atoms with Crippen molar-refractivity contribution in [2.75, 3.05) is 51.1 Å². The highest BCUT2D eigenvalue weighted by molar-refractivity contribution is 7.86. The minimum atomic E-state index is -3.43. The van der Waals surface area contributed by atoms with Gasteiger partial charge in [0.05, 0.1) is 18.2 Å². The van der Waals surface area contributed by atoms with E-state index in [0.29, 0.717) is 50.5 Å². The molecule has 2 saturated heterocycles. The molecular formula is C22H34N4O5S. The number of nitrogens with zero attached hydrogens (tertiary/aromatic N) is 3.